The molecule has 0 heterocycles. The van der Waals surface area contributed by atoms with Gasteiger partial charge in [-0.3, -0.25) is 10.1 Å². The van der Waals surface area contributed by atoms with Crippen molar-refractivity contribution in [2.45, 2.75) is 10.9 Å². The zero-order valence-electron chi connectivity index (χ0n) is 13.1. The van der Waals surface area contributed by atoms with E-state index in [-0.39, 0.29) is 6.54 Å². The van der Waals surface area contributed by atoms with Gasteiger partial charge in [0, 0.05) is 30.2 Å². The molecule has 0 aliphatic heterocycles. The summed E-state index contributed by atoms with van der Waals surface area (Å²) in [4.78, 5) is 9.88. The van der Waals surface area contributed by atoms with Crippen LogP contribution in [0.15, 0.2) is 51.8 Å². The van der Waals surface area contributed by atoms with Crippen molar-refractivity contribution < 1.29 is 17.7 Å². The number of nitrogens with zero attached hydrogens (tertiary/aromatic N) is 2. The van der Waals surface area contributed by atoms with Gasteiger partial charge in [0.1, 0.15) is 5.82 Å². The van der Waals surface area contributed by atoms with Crippen LogP contribution >= 0.6 is 15.9 Å². The van der Waals surface area contributed by atoms with Crippen LogP contribution in [0.25, 0.3) is 0 Å². The van der Waals surface area contributed by atoms with E-state index >= 15 is 0 Å². The Labute approximate surface area is 152 Å². The molecule has 134 valence electrons. The van der Waals surface area contributed by atoms with Crippen LogP contribution < -0.4 is 5.73 Å². The van der Waals surface area contributed by atoms with Gasteiger partial charge in [-0.05, 0) is 29.8 Å². The number of rotatable bonds is 6. The molecule has 2 aromatic carbocycles. The normalized spacial score (nSPS) is 13.0. The third kappa shape index (κ3) is 4.40. The highest BCUT2D eigenvalue weighted by molar-refractivity contribution is 9.10. The SMILES string of the molecule is CN(CC(N)c1cc(F)cc(Br)c1)S(=O)(=O)c1ccccc1[N+](=O)[O-]. The van der Waals surface area contributed by atoms with Crippen molar-refractivity contribution in [3.05, 3.63) is 68.4 Å². The summed E-state index contributed by atoms with van der Waals surface area (Å²) >= 11 is 3.15. The van der Waals surface area contributed by atoms with Crippen molar-refractivity contribution in [3.8, 4) is 0 Å². The second-order valence-electron chi connectivity index (χ2n) is 5.32. The van der Waals surface area contributed by atoms with E-state index in [1.165, 1.54) is 31.3 Å². The number of nitro benzene ring substituents is 1. The van der Waals surface area contributed by atoms with E-state index in [1.54, 1.807) is 6.07 Å². The number of nitrogens with two attached hydrogens (primary N) is 1. The fourth-order valence-corrected chi connectivity index (χ4v) is 4.10. The number of likely N-dealkylation sites (N-methyl/N-ethyl adjacent to an activating group) is 1. The van der Waals surface area contributed by atoms with Gasteiger partial charge in [-0.1, -0.05) is 28.1 Å². The molecule has 10 heteroatoms. The van der Waals surface area contributed by atoms with Gasteiger partial charge in [0.2, 0.25) is 10.0 Å². The molecule has 0 aliphatic rings. The lowest BCUT2D eigenvalue weighted by Crippen LogP contribution is -2.34. The molecule has 2 rings (SSSR count). The Morgan fingerprint density at radius 3 is 2.56 bits per heavy atom. The van der Waals surface area contributed by atoms with Crippen molar-refractivity contribution in [3.63, 3.8) is 0 Å². The second kappa shape index (κ2) is 7.56. The lowest BCUT2D eigenvalue weighted by atomic mass is 10.1. The third-order valence-electron chi connectivity index (χ3n) is 3.52. The third-order valence-corrected chi connectivity index (χ3v) is 5.85. The monoisotopic (exact) mass is 431 g/mol. The zero-order chi connectivity index (χ0) is 18.8. The first-order valence-electron chi connectivity index (χ1n) is 7.04. The summed E-state index contributed by atoms with van der Waals surface area (Å²) in [6, 6.07) is 8.29. The Balaban J connectivity index is 2.30. The van der Waals surface area contributed by atoms with Gasteiger partial charge >= 0.3 is 0 Å². The summed E-state index contributed by atoms with van der Waals surface area (Å²) in [5.74, 6) is -0.510. The molecule has 0 saturated carbocycles. The van der Waals surface area contributed by atoms with Crippen molar-refractivity contribution in [2.24, 2.45) is 5.73 Å². The largest absolute Gasteiger partial charge is 0.323 e. The van der Waals surface area contributed by atoms with Crippen LogP contribution in [-0.2, 0) is 10.0 Å². The van der Waals surface area contributed by atoms with Gasteiger partial charge in [0.15, 0.2) is 4.90 Å². The van der Waals surface area contributed by atoms with Crippen LogP contribution in [0.1, 0.15) is 11.6 Å². The molecule has 25 heavy (non-hydrogen) atoms. The van der Waals surface area contributed by atoms with Gasteiger partial charge in [-0.15, -0.1) is 0 Å². The van der Waals surface area contributed by atoms with Crippen molar-refractivity contribution >= 4 is 31.6 Å². The molecule has 0 radical (unpaired) electrons. The molecular weight excluding hydrogens is 417 g/mol. The molecule has 2 aromatic rings. The Kier molecular flexibility index (Phi) is 5.88. The lowest BCUT2D eigenvalue weighted by molar-refractivity contribution is -0.387. The van der Waals surface area contributed by atoms with Gasteiger partial charge in [-0.2, -0.15) is 4.31 Å². The second-order valence-corrected chi connectivity index (χ2v) is 8.25. The maximum atomic E-state index is 13.5. The smallest absolute Gasteiger partial charge is 0.289 e. The maximum absolute atomic E-state index is 13.5. The van der Waals surface area contributed by atoms with Crippen LogP contribution in [0.3, 0.4) is 0 Å². The van der Waals surface area contributed by atoms with E-state index in [9.17, 15) is 22.9 Å². The van der Waals surface area contributed by atoms with Crippen molar-refractivity contribution in [2.75, 3.05) is 13.6 Å². The summed E-state index contributed by atoms with van der Waals surface area (Å²) < 4.78 is 40.1. The fourth-order valence-electron chi connectivity index (χ4n) is 2.26. The number of hydrogen-bond donors (Lipinski definition) is 1. The predicted octanol–water partition coefficient (Wildman–Crippen LogP) is 2.82. The van der Waals surface area contributed by atoms with E-state index in [0.717, 1.165) is 16.4 Å². The lowest BCUT2D eigenvalue weighted by Gasteiger charge is -2.21. The number of nitro groups is 1. The quantitative estimate of drug-likeness (QED) is 0.558. The molecule has 1 unspecified atom stereocenters. The summed E-state index contributed by atoms with van der Waals surface area (Å²) in [5.41, 5.74) is 5.86. The Hall–Kier alpha value is -1.88. The first-order valence-corrected chi connectivity index (χ1v) is 9.27. The summed E-state index contributed by atoms with van der Waals surface area (Å²) in [6.07, 6.45) is 0. The van der Waals surface area contributed by atoms with E-state index in [2.05, 4.69) is 15.9 Å². The number of sulfonamides is 1. The van der Waals surface area contributed by atoms with Gasteiger partial charge < -0.3 is 5.73 Å². The molecule has 0 fully saturated rings. The van der Waals surface area contributed by atoms with E-state index in [4.69, 9.17) is 5.73 Å². The predicted molar refractivity (Wildman–Crippen MR) is 93.9 cm³/mol. The van der Waals surface area contributed by atoms with Gasteiger partial charge in [-0.25, -0.2) is 12.8 Å². The minimum atomic E-state index is -4.13. The van der Waals surface area contributed by atoms with Crippen LogP contribution in [0, 0.1) is 15.9 Å². The average Bonchev–Trinajstić information content (AvgIpc) is 2.53. The number of para-hydroxylation sites is 1. The summed E-state index contributed by atoms with van der Waals surface area (Å²) in [6.45, 7) is -0.176. The number of benzene rings is 2. The maximum Gasteiger partial charge on any atom is 0.289 e. The van der Waals surface area contributed by atoms with Gasteiger partial charge in [0.25, 0.3) is 5.69 Å². The first kappa shape index (κ1) is 19.4. The van der Waals surface area contributed by atoms with E-state index < -0.39 is 37.4 Å². The Morgan fingerprint density at radius 2 is 1.96 bits per heavy atom. The molecule has 2 N–H and O–H groups in total. The standard InChI is InChI=1S/C15H15BrFN3O4S/c1-19(9-13(18)10-6-11(16)8-12(17)7-10)25(23,24)15-5-3-2-4-14(15)20(21)22/h2-8,13H,9,18H2,1H3. The summed E-state index contributed by atoms with van der Waals surface area (Å²) in [5, 5.41) is 11.1. The highest BCUT2D eigenvalue weighted by atomic mass is 79.9. The van der Waals surface area contributed by atoms with Crippen LogP contribution in [0.2, 0.25) is 0 Å². The number of halogens is 2. The average molecular weight is 432 g/mol. The minimum absolute atomic E-state index is 0.176. The number of hydrogen-bond acceptors (Lipinski definition) is 5. The molecule has 7 nitrogen and oxygen atoms in total. The van der Waals surface area contributed by atoms with Crippen LogP contribution in [-0.4, -0.2) is 31.2 Å². The van der Waals surface area contributed by atoms with E-state index in [1.807, 2.05) is 0 Å². The van der Waals surface area contributed by atoms with E-state index in [0.29, 0.717) is 10.0 Å². The molecule has 0 amide bonds. The van der Waals surface area contributed by atoms with Gasteiger partial charge in [0.05, 0.1) is 4.92 Å². The molecular formula is C15H15BrFN3O4S. The summed E-state index contributed by atoms with van der Waals surface area (Å²) in [7, 11) is -2.87. The molecule has 0 spiro atoms. The van der Waals surface area contributed by atoms with Crippen molar-refractivity contribution in [1.82, 2.24) is 4.31 Å². The Bertz CT molecular complexity index is 887. The molecule has 0 saturated heterocycles. The molecule has 0 aromatic heterocycles. The van der Waals surface area contributed by atoms with Crippen molar-refractivity contribution in [1.29, 1.82) is 0 Å². The highest BCUT2D eigenvalue weighted by Gasteiger charge is 2.30. The van der Waals surface area contributed by atoms with Crippen LogP contribution in [0.5, 0.6) is 0 Å². The fraction of sp³-hybridized carbons (Fsp3) is 0.200. The first-order chi connectivity index (χ1) is 11.6. The Morgan fingerprint density at radius 1 is 1.32 bits per heavy atom. The minimum Gasteiger partial charge on any atom is -0.323 e. The zero-order valence-corrected chi connectivity index (χ0v) is 15.5. The molecule has 0 aliphatic carbocycles. The topological polar surface area (TPSA) is 107 Å². The van der Waals surface area contributed by atoms with Crippen LogP contribution in [0.4, 0.5) is 10.1 Å². The highest BCUT2D eigenvalue weighted by Crippen LogP contribution is 2.27. The molecule has 0 bridgehead atoms. The molecule has 1 atom stereocenters.